The number of aldehydes is 1. The van der Waals surface area contributed by atoms with Crippen LogP contribution in [-0.4, -0.2) is 28.6 Å². The highest BCUT2D eigenvalue weighted by Crippen LogP contribution is 2.10. The zero-order valence-electron chi connectivity index (χ0n) is 10.5. The number of rotatable bonds is 6. The Morgan fingerprint density at radius 1 is 1.47 bits per heavy atom. The van der Waals surface area contributed by atoms with E-state index in [1.54, 1.807) is 13.8 Å². The second-order valence-corrected chi connectivity index (χ2v) is 3.93. The van der Waals surface area contributed by atoms with Gasteiger partial charge in [-0.25, -0.2) is 0 Å². The first kappa shape index (κ1) is 13.4. The summed E-state index contributed by atoms with van der Waals surface area (Å²) in [7, 11) is 0. The summed E-state index contributed by atoms with van der Waals surface area (Å²) in [5.41, 5.74) is 1.88. The predicted molar refractivity (Wildman–Crippen MR) is 63.0 cm³/mol. The Hall–Kier alpha value is -1.65. The van der Waals surface area contributed by atoms with Gasteiger partial charge in [-0.2, -0.15) is 5.10 Å². The number of unbranched alkanes of at least 4 members (excludes halogenated alkanes) is 1. The Balaban J connectivity index is 2.62. The average Bonchev–Trinajstić information content (AvgIpc) is 2.54. The molecule has 0 N–H and O–H groups in total. The van der Waals surface area contributed by atoms with Gasteiger partial charge in [0.25, 0.3) is 0 Å². The molecule has 0 atom stereocenters. The van der Waals surface area contributed by atoms with E-state index >= 15 is 0 Å². The lowest BCUT2D eigenvalue weighted by Crippen LogP contribution is -2.16. The largest absolute Gasteiger partial charge is 0.464 e. The first-order valence-electron chi connectivity index (χ1n) is 5.75. The number of aryl methyl sites for hydroxylation is 1. The predicted octanol–water partition coefficient (Wildman–Crippen LogP) is 1.66. The molecule has 0 fully saturated rings. The van der Waals surface area contributed by atoms with Crippen LogP contribution in [0.15, 0.2) is 0 Å². The maximum atomic E-state index is 11.5. The molecule has 0 saturated heterocycles. The maximum absolute atomic E-state index is 11.5. The highest BCUT2D eigenvalue weighted by molar-refractivity contribution is 5.78. The molecule has 0 spiro atoms. The van der Waals surface area contributed by atoms with E-state index in [-0.39, 0.29) is 12.5 Å². The quantitative estimate of drug-likeness (QED) is 0.429. The molecule has 1 heterocycles. The van der Waals surface area contributed by atoms with Gasteiger partial charge in [0, 0.05) is 5.69 Å². The van der Waals surface area contributed by atoms with Crippen LogP contribution in [0.4, 0.5) is 0 Å². The molecule has 0 radical (unpaired) electrons. The van der Waals surface area contributed by atoms with Gasteiger partial charge in [0.05, 0.1) is 17.9 Å². The molecule has 5 heteroatoms. The number of ether oxygens (including phenoxy) is 1. The highest BCUT2D eigenvalue weighted by atomic mass is 16.5. The summed E-state index contributed by atoms with van der Waals surface area (Å²) in [6.45, 7) is 6.04. The van der Waals surface area contributed by atoms with Gasteiger partial charge in [0.2, 0.25) is 0 Å². The molecule has 0 amide bonds. The fourth-order valence-electron chi connectivity index (χ4n) is 1.53. The molecule has 0 aliphatic heterocycles. The van der Waals surface area contributed by atoms with E-state index in [1.807, 2.05) is 6.92 Å². The lowest BCUT2D eigenvalue weighted by molar-refractivity contribution is -0.144. The average molecular weight is 238 g/mol. The normalized spacial score (nSPS) is 10.3. The van der Waals surface area contributed by atoms with E-state index in [2.05, 4.69) is 5.10 Å². The van der Waals surface area contributed by atoms with Gasteiger partial charge < -0.3 is 4.74 Å². The standard InChI is InChI=1S/C12H18N2O3/c1-4-5-6-17-12(16)7-14-10(3)11(8-15)9(2)13-14/h8H,4-7H2,1-3H3. The van der Waals surface area contributed by atoms with E-state index in [9.17, 15) is 9.59 Å². The minimum atomic E-state index is -0.318. The zero-order valence-corrected chi connectivity index (χ0v) is 10.5. The molecule has 1 aromatic rings. The fourth-order valence-corrected chi connectivity index (χ4v) is 1.53. The number of aromatic nitrogens is 2. The number of hydrogen-bond donors (Lipinski definition) is 0. The summed E-state index contributed by atoms with van der Waals surface area (Å²) in [4.78, 5) is 22.3. The van der Waals surface area contributed by atoms with Gasteiger partial charge in [0.1, 0.15) is 6.54 Å². The molecule has 0 aliphatic carbocycles. The monoisotopic (exact) mass is 238 g/mol. The number of nitrogens with zero attached hydrogens (tertiary/aromatic N) is 2. The second kappa shape index (κ2) is 6.18. The summed E-state index contributed by atoms with van der Waals surface area (Å²) >= 11 is 0. The third kappa shape index (κ3) is 3.41. The van der Waals surface area contributed by atoms with Crippen molar-refractivity contribution in [1.82, 2.24) is 9.78 Å². The summed E-state index contributed by atoms with van der Waals surface area (Å²) in [6.07, 6.45) is 2.61. The molecule has 0 unspecified atom stereocenters. The molecule has 0 aliphatic rings. The van der Waals surface area contributed by atoms with Crippen LogP contribution in [-0.2, 0) is 16.1 Å². The van der Waals surface area contributed by atoms with Gasteiger partial charge in [-0.15, -0.1) is 0 Å². The zero-order chi connectivity index (χ0) is 12.8. The van der Waals surface area contributed by atoms with E-state index in [4.69, 9.17) is 4.74 Å². The lowest BCUT2D eigenvalue weighted by Gasteiger charge is -2.05. The van der Waals surface area contributed by atoms with Crippen LogP contribution in [0.3, 0.4) is 0 Å². The van der Waals surface area contributed by atoms with Gasteiger partial charge in [-0.1, -0.05) is 13.3 Å². The fraction of sp³-hybridized carbons (Fsp3) is 0.583. The van der Waals surface area contributed by atoms with Gasteiger partial charge >= 0.3 is 5.97 Å². The van der Waals surface area contributed by atoms with E-state index < -0.39 is 0 Å². The topological polar surface area (TPSA) is 61.2 Å². The van der Waals surface area contributed by atoms with Crippen LogP contribution in [0.1, 0.15) is 41.5 Å². The summed E-state index contributed by atoms with van der Waals surface area (Å²) in [5.74, 6) is -0.318. The van der Waals surface area contributed by atoms with Gasteiger partial charge in [0.15, 0.2) is 6.29 Å². The molecule has 94 valence electrons. The van der Waals surface area contributed by atoms with Crippen molar-refractivity contribution in [2.75, 3.05) is 6.61 Å². The molecule has 17 heavy (non-hydrogen) atoms. The first-order valence-corrected chi connectivity index (χ1v) is 5.75. The van der Waals surface area contributed by atoms with E-state index in [0.29, 0.717) is 23.6 Å². The molecule has 0 aromatic carbocycles. The van der Waals surface area contributed by atoms with Crippen LogP contribution in [0.25, 0.3) is 0 Å². The molecule has 5 nitrogen and oxygen atoms in total. The first-order chi connectivity index (χ1) is 8.10. The molecular weight excluding hydrogens is 220 g/mol. The Kier molecular flexibility index (Phi) is 4.87. The van der Waals surface area contributed by atoms with E-state index in [0.717, 1.165) is 19.1 Å². The van der Waals surface area contributed by atoms with Crippen molar-refractivity contribution in [1.29, 1.82) is 0 Å². The Morgan fingerprint density at radius 3 is 2.71 bits per heavy atom. The van der Waals surface area contributed by atoms with Crippen molar-refractivity contribution in [3.63, 3.8) is 0 Å². The number of carbonyl (C=O) groups excluding carboxylic acids is 2. The summed E-state index contributed by atoms with van der Waals surface area (Å²) in [5, 5.41) is 4.13. The van der Waals surface area contributed by atoms with Crippen molar-refractivity contribution in [2.45, 2.75) is 40.2 Å². The van der Waals surface area contributed by atoms with Gasteiger partial charge in [-0.3, -0.25) is 14.3 Å². The Labute approximate surface area is 101 Å². The highest BCUT2D eigenvalue weighted by Gasteiger charge is 2.13. The summed E-state index contributed by atoms with van der Waals surface area (Å²) in [6, 6.07) is 0. The Bertz CT molecular complexity index is 410. The van der Waals surface area contributed by atoms with Crippen LogP contribution in [0, 0.1) is 13.8 Å². The molecule has 1 aromatic heterocycles. The number of hydrogen-bond acceptors (Lipinski definition) is 4. The van der Waals surface area contributed by atoms with Crippen molar-refractivity contribution in [2.24, 2.45) is 0 Å². The second-order valence-electron chi connectivity index (χ2n) is 3.93. The third-order valence-electron chi connectivity index (χ3n) is 2.60. The van der Waals surface area contributed by atoms with E-state index in [1.165, 1.54) is 4.68 Å². The third-order valence-corrected chi connectivity index (χ3v) is 2.60. The minimum absolute atomic E-state index is 0.0597. The molecule has 0 saturated carbocycles. The van der Waals surface area contributed by atoms with Crippen LogP contribution in [0.2, 0.25) is 0 Å². The summed E-state index contributed by atoms with van der Waals surface area (Å²) < 4.78 is 6.54. The molecular formula is C12H18N2O3. The van der Waals surface area contributed by atoms with Gasteiger partial charge in [-0.05, 0) is 20.3 Å². The lowest BCUT2D eigenvalue weighted by atomic mass is 10.2. The van der Waals surface area contributed by atoms with Crippen molar-refractivity contribution >= 4 is 12.3 Å². The van der Waals surface area contributed by atoms with Crippen molar-refractivity contribution in [3.05, 3.63) is 17.0 Å². The van der Waals surface area contributed by atoms with Crippen molar-refractivity contribution < 1.29 is 14.3 Å². The SMILES string of the molecule is CCCCOC(=O)Cn1nc(C)c(C=O)c1C. The molecule has 0 bridgehead atoms. The Morgan fingerprint density at radius 2 is 2.18 bits per heavy atom. The van der Waals surface area contributed by atoms with Crippen LogP contribution < -0.4 is 0 Å². The van der Waals surface area contributed by atoms with Crippen LogP contribution in [0.5, 0.6) is 0 Å². The number of carbonyl (C=O) groups is 2. The maximum Gasteiger partial charge on any atom is 0.327 e. The minimum Gasteiger partial charge on any atom is -0.464 e. The smallest absolute Gasteiger partial charge is 0.327 e. The number of esters is 1. The van der Waals surface area contributed by atoms with Crippen LogP contribution >= 0.6 is 0 Å². The molecule has 1 rings (SSSR count). The van der Waals surface area contributed by atoms with Crippen molar-refractivity contribution in [3.8, 4) is 0 Å².